The monoisotopic (exact) mass is 365 g/mol. The topological polar surface area (TPSA) is 106 Å². The van der Waals surface area contributed by atoms with Crippen LogP contribution in [-0.4, -0.2) is 25.8 Å². The number of nitrogens with zero attached hydrogens (tertiary/aromatic N) is 3. The minimum Gasteiger partial charge on any atom is -0.508 e. The lowest BCUT2D eigenvalue weighted by atomic mass is 9.95. The summed E-state index contributed by atoms with van der Waals surface area (Å²) < 4.78 is 16.0. The average Bonchev–Trinajstić information content (AvgIpc) is 3.04. The van der Waals surface area contributed by atoms with Gasteiger partial charge in [-0.05, 0) is 25.1 Å². The van der Waals surface area contributed by atoms with E-state index in [4.69, 9.17) is 5.73 Å². The van der Waals surface area contributed by atoms with Crippen LogP contribution in [0.2, 0.25) is 0 Å². The molecule has 1 unspecified atom stereocenters. The molecule has 0 saturated heterocycles. The Balaban J connectivity index is 1.92. The zero-order valence-electron chi connectivity index (χ0n) is 14.3. The normalized spacial score (nSPS) is 16.0. The van der Waals surface area contributed by atoms with Gasteiger partial charge in [-0.1, -0.05) is 30.3 Å². The first-order valence-corrected chi connectivity index (χ1v) is 8.23. The molecule has 0 spiro atoms. The number of aromatic hydroxyl groups is 1. The first kappa shape index (κ1) is 16.8. The highest BCUT2D eigenvalue weighted by Gasteiger charge is 2.34. The average molecular weight is 365 g/mol. The van der Waals surface area contributed by atoms with E-state index in [2.05, 4.69) is 15.4 Å². The molecule has 3 aromatic rings. The van der Waals surface area contributed by atoms with Crippen LogP contribution in [0, 0.1) is 5.82 Å². The molecule has 4 rings (SSSR count). The molecule has 0 fully saturated rings. The molecule has 0 bridgehead atoms. The standard InChI is InChI=1S/C19H16FN5O2/c1-10-15(17(21)27)16(13-7-2-3-8-14(13)20)25-19(22-10)23-18(24-25)11-5-4-6-12(26)9-11/h2-9,16,26H,1H3,(H2,21,27)(H,22,23,24). The maximum Gasteiger partial charge on any atom is 0.248 e. The molecule has 0 aliphatic carbocycles. The molecule has 8 heteroatoms. The Morgan fingerprint density at radius 1 is 1.26 bits per heavy atom. The van der Waals surface area contributed by atoms with Gasteiger partial charge in [0.25, 0.3) is 0 Å². The number of benzene rings is 2. The Morgan fingerprint density at radius 2 is 2.04 bits per heavy atom. The quantitative estimate of drug-likeness (QED) is 0.661. The number of primary amides is 1. The summed E-state index contributed by atoms with van der Waals surface area (Å²) in [4.78, 5) is 16.5. The third kappa shape index (κ3) is 2.80. The van der Waals surface area contributed by atoms with E-state index in [9.17, 15) is 14.3 Å². The number of nitrogens with one attached hydrogen (secondary N) is 1. The van der Waals surface area contributed by atoms with Crippen LogP contribution in [0.25, 0.3) is 11.4 Å². The van der Waals surface area contributed by atoms with Gasteiger partial charge >= 0.3 is 0 Å². The molecular formula is C19H16FN5O2. The predicted molar refractivity (Wildman–Crippen MR) is 97.2 cm³/mol. The third-order valence-corrected chi connectivity index (χ3v) is 4.42. The first-order valence-electron chi connectivity index (χ1n) is 8.23. The number of carbonyl (C=O) groups is 1. The molecule has 0 saturated carbocycles. The molecule has 4 N–H and O–H groups in total. The van der Waals surface area contributed by atoms with Gasteiger partial charge in [-0.2, -0.15) is 4.98 Å². The van der Waals surface area contributed by atoms with Crippen molar-refractivity contribution in [3.05, 3.63) is 71.2 Å². The molecule has 136 valence electrons. The van der Waals surface area contributed by atoms with E-state index < -0.39 is 17.8 Å². The lowest BCUT2D eigenvalue weighted by molar-refractivity contribution is -0.115. The number of nitrogens with two attached hydrogens (primary N) is 1. The van der Waals surface area contributed by atoms with Crippen molar-refractivity contribution in [3.8, 4) is 17.1 Å². The molecule has 1 aromatic heterocycles. The van der Waals surface area contributed by atoms with Crippen LogP contribution in [0.3, 0.4) is 0 Å². The number of rotatable bonds is 3. The van der Waals surface area contributed by atoms with Crippen LogP contribution in [0.4, 0.5) is 10.3 Å². The van der Waals surface area contributed by atoms with Gasteiger partial charge in [0, 0.05) is 16.8 Å². The van der Waals surface area contributed by atoms with Crippen LogP contribution < -0.4 is 11.1 Å². The Labute approximate surface area is 154 Å². The van der Waals surface area contributed by atoms with Crippen molar-refractivity contribution < 1.29 is 14.3 Å². The van der Waals surface area contributed by atoms with Crippen LogP contribution in [0.5, 0.6) is 5.75 Å². The van der Waals surface area contributed by atoms with Crippen LogP contribution in [0.15, 0.2) is 59.8 Å². The highest BCUT2D eigenvalue weighted by Crippen LogP contribution is 2.37. The highest BCUT2D eigenvalue weighted by atomic mass is 19.1. The highest BCUT2D eigenvalue weighted by molar-refractivity contribution is 5.95. The molecule has 1 atom stereocenters. The van der Waals surface area contributed by atoms with E-state index in [1.165, 1.54) is 22.9 Å². The number of carbonyl (C=O) groups excluding carboxylic acids is 1. The van der Waals surface area contributed by atoms with Crippen molar-refractivity contribution in [1.82, 2.24) is 14.8 Å². The second-order valence-corrected chi connectivity index (χ2v) is 6.21. The number of amides is 1. The Morgan fingerprint density at radius 3 is 2.74 bits per heavy atom. The van der Waals surface area contributed by atoms with Gasteiger partial charge in [0.05, 0.1) is 5.57 Å². The SMILES string of the molecule is CC1=C(C(N)=O)C(c2ccccc2F)n2nc(-c3cccc(O)c3)nc2N1. The summed E-state index contributed by atoms with van der Waals surface area (Å²) in [6.45, 7) is 1.68. The van der Waals surface area contributed by atoms with Crippen molar-refractivity contribution in [2.24, 2.45) is 5.73 Å². The summed E-state index contributed by atoms with van der Waals surface area (Å²) in [6, 6.07) is 11.8. The van der Waals surface area contributed by atoms with Crippen molar-refractivity contribution in [2.45, 2.75) is 13.0 Å². The summed E-state index contributed by atoms with van der Waals surface area (Å²) in [5.74, 6) is -0.395. The molecule has 7 nitrogen and oxygen atoms in total. The summed E-state index contributed by atoms with van der Waals surface area (Å²) in [7, 11) is 0. The number of phenolic OH excluding ortho intramolecular Hbond substituents is 1. The predicted octanol–water partition coefficient (Wildman–Crippen LogP) is 2.56. The van der Waals surface area contributed by atoms with E-state index >= 15 is 0 Å². The number of hydrogen-bond donors (Lipinski definition) is 3. The number of anilines is 1. The zero-order valence-corrected chi connectivity index (χ0v) is 14.3. The van der Waals surface area contributed by atoms with Gasteiger partial charge in [0.2, 0.25) is 11.9 Å². The second kappa shape index (κ2) is 6.24. The Kier molecular flexibility index (Phi) is 3.88. The largest absolute Gasteiger partial charge is 0.508 e. The number of phenols is 1. The Bertz CT molecular complexity index is 1090. The Hall–Kier alpha value is -3.68. The lowest BCUT2D eigenvalue weighted by Gasteiger charge is -2.27. The molecule has 1 amide bonds. The van der Waals surface area contributed by atoms with Crippen LogP contribution >= 0.6 is 0 Å². The first-order chi connectivity index (χ1) is 13.0. The van der Waals surface area contributed by atoms with Gasteiger partial charge < -0.3 is 16.2 Å². The van der Waals surface area contributed by atoms with Gasteiger partial charge in [-0.25, -0.2) is 9.07 Å². The minimum absolute atomic E-state index is 0.0750. The minimum atomic E-state index is -0.849. The lowest BCUT2D eigenvalue weighted by Crippen LogP contribution is -2.32. The third-order valence-electron chi connectivity index (χ3n) is 4.42. The number of halogens is 1. The van der Waals surface area contributed by atoms with E-state index in [0.29, 0.717) is 23.0 Å². The molecule has 27 heavy (non-hydrogen) atoms. The summed E-state index contributed by atoms with van der Waals surface area (Å²) in [5, 5.41) is 17.2. The van der Waals surface area contributed by atoms with Crippen molar-refractivity contribution in [3.63, 3.8) is 0 Å². The fourth-order valence-electron chi connectivity index (χ4n) is 3.22. The summed E-state index contributed by atoms with van der Waals surface area (Å²) >= 11 is 0. The fraction of sp³-hybridized carbons (Fsp3) is 0.105. The van der Waals surface area contributed by atoms with Crippen LogP contribution in [0.1, 0.15) is 18.5 Å². The van der Waals surface area contributed by atoms with Crippen molar-refractivity contribution >= 4 is 11.9 Å². The summed E-state index contributed by atoms with van der Waals surface area (Å²) in [5.41, 5.74) is 7.12. The fourth-order valence-corrected chi connectivity index (χ4v) is 3.22. The maximum absolute atomic E-state index is 14.5. The zero-order chi connectivity index (χ0) is 19.1. The van der Waals surface area contributed by atoms with Gasteiger partial charge in [0.1, 0.15) is 17.6 Å². The summed E-state index contributed by atoms with van der Waals surface area (Å²) in [6.07, 6.45) is 0. The van der Waals surface area contributed by atoms with Gasteiger partial charge in [0.15, 0.2) is 5.82 Å². The van der Waals surface area contributed by atoms with Crippen molar-refractivity contribution in [1.29, 1.82) is 0 Å². The number of aromatic nitrogens is 3. The number of fused-ring (bicyclic) bond motifs is 1. The molecule has 0 radical (unpaired) electrons. The second-order valence-electron chi connectivity index (χ2n) is 6.21. The molecular weight excluding hydrogens is 349 g/mol. The molecule has 2 heterocycles. The number of allylic oxidation sites excluding steroid dienone is 1. The number of hydrogen-bond acceptors (Lipinski definition) is 5. The van der Waals surface area contributed by atoms with E-state index in [1.807, 2.05) is 0 Å². The van der Waals surface area contributed by atoms with E-state index in [-0.39, 0.29) is 16.9 Å². The smallest absolute Gasteiger partial charge is 0.248 e. The van der Waals surface area contributed by atoms with Crippen LogP contribution in [-0.2, 0) is 4.79 Å². The van der Waals surface area contributed by atoms with E-state index in [0.717, 1.165) is 0 Å². The molecule has 1 aliphatic rings. The van der Waals surface area contributed by atoms with Gasteiger partial charge in [-0.3, -0.25) is 4.79 Å². The van der Waals surface area contributed by atoms with Gasteiger partial charge in [-0.15, -0.1) is 5.10 Å². The molecule has 1 aliphatic heterocycles. The van der Waals surface area contributed by atoms with Crippen molar-refractivity contribution in [2.75, 3.05) is 5.32 Å². The molecule has 2 aromatic carbocycles. The maximum atomic E-state index is 14.5. The van der Waals surface area contributed by atoms with E-state index in [1.54, 1.807) is 37.3 Å².